The third-order valence-electron chi connectivity index (χ3n) is 4.11. The van der Waals surface area contributed by atoms with E-state index in [1.165, 1.54) is 11.8 Å². The van der Waals surface area contributed by atoms with Crippen molar-refractivity contribution in [1.29, 1.82) is 0 Å². The number of hydrogen-bond acceptors (Lipinski definition) is 7. The molecule has 0 saturated heterocycles. The van der Waals surface area contributed by atoms with Gasteiger partial charge in [-0.25, -0.2) is 0 Å². The highest BCUT2D eigenvalue weighted by atomic mass is 35.5. The first-order chi connectivity index (χ1) is 13.7. The van der Waals surface area contributed by atoms with E-state index in [2.05, 4.69) is 36.9 Å². The third kappa shape index (κ3) is 3.79. The Bertz CT molecular complexity index is 1080. The van der Waals surface area contributed by atoms with E-state index in [9.17, 15) is 0 Å². The molecule has 0 bridgehead atoms. The van der Waals surface area contributed by atoms with Gasteiger partial charge in [-0.1, -0.05) is 29.4 Å². The fourth-order valence-corrected chi connectivity index (χ4v) is 3.85. The zero-order valence-electron chi connectivity index (χ0n) is 15.3. The number of nitrogens with zero attached hydrogens (tertiary/aromatic N) is 6. The van der Waals surface area contributed by atoms with E-state index < -0.39 is 0 Å². The summed E-state index contributed by atoms with van der Waals surface area (Å²) in [5.41, 5.74) is 1.77. The Labute approximate surface area is 171 Å². The van der Waals surface area contributed by atoms with Crippen LogP contribution in [0.2, 0.25) is 5.02 Å². The molecule has 1 aromatic carbocycles. The van der Waals surface area contributed by atoms with Gasteiger partial charge in [0, 0.05) is 35.1 Å². The van der Waals surface area contributed by atoms with Crippen LogP contribution in [0.15, 0.2) is 58.4 Å². The van der Waals surface area contributed by atoms with Crippen LogP contribution in [0.25, 0.3) is 22.8 Å². The van der Waals surface area contributed by atoms with Crippen LogP contribution in [0.4, 0.5) is 0 Å². The van der Waals surface area contributed by atoms with Crippen molar-refractivity contribution in [3.63, 3.8) is 0 Å². The van der Waals surface area contributed by atoms with Crippen LogP contribution in [-0.2, 0) is 6.54 Å². The summed E-state index contributed by atoms with van der Waals surface area (Å²) in [6.45, 7) is 4.81. The third-order valence-corrected chi connectivity index (χ3v) is 5.42. The predicted molar refractivity (Wildman–Crippen MR) is 108 cm³/mol. The van der Waals surface area contributed by atoms with Gasteiger partial charge in [-0.3, -0.25) is 4.98 Å². The van der Waals surface area contributed by atoms with Crippen LogP contribution in [-0.4, -0.2) is 29.9 Å². The summed E-state index contributed by atoms with van der Waals surface area (Å²) < 4.78 is 7.92. The minimum atomic E-state index is -0.0831. The molecule has 7 nitrogen and oxygen atoms in total. The highest BCUT2D eigenvalue weighted by Crippen LogP contribution is 2.35. The van der Waals surface area contributed by atoms with Gasteiger partial charge in [0.05, 0.1) is 5.25 Å². The first kappa shape index (κ1) is 18.6. The maximum absolute atomic E-state index is 6.04. The van der Waals surface area contributed by atoms with Gasteiger partial charge in [0.1, 0.15) is 0 Å². The van der Waals surface area contributed by atoms with Crippen molar-refractivity contribution in [1.82, 2.24) is 29.9 Å². The normalized spacial score (nSPS) is 12.2. The lowest BCUT2D eigenvalue weighted by Gasteiger charge is -2.09. The van der Waals surface area contributed by atoms with Gasteiger partial charge in [-0.15, -0.1) is 20.4 Å². The molecule has 4 rings (SSSR count). The number of pyridine rings is 1. The Morgan fingerprint density at radius 3 is 2.64 bits per heavy atom. The zero-order chi connectivity index (χ0) is 19.5. The second-order valence-electron chi connectivity index (χ2n) is 6.00. The van der Waals surface area contributed by atoms with Crippen molar-refractivity contribution in [3.8, 4) is 22.8 Å². The van der Waals surface area contributed by atoms with Crippen LogP contribution < -0.4 is 0 Å². The predicted octanol–water partition coefficient (Wildman–Crippen LogP) is 4.92. The molecule has 0 N–H and O–H groups in total. The molecule has 1 atom stereocenters. The molecule has 0 radical (unpaired) electrons. The first-order valence-electron chi connectivity index (χ1n) is 8.75. The summed E-state index contributed by atoms with van der Waals surface area (Å²) in [7, 11) is 0. The fourth-order valence-electron chi connectivity index (χ4n) is 2.72. The number of halogens is 1. The SMILES string of the molecule is CCn1c(SC(C)c2nnc(-c3cccc(Cl)c3)o2)nnc1-c1ccncc1. The molecule has 0 amide bonds. The van der Waals surface area contributed by atoms with Gasteiger partial charge < -0.3 is 8.98 Å². The molecule has 4 aromatic rings. The quantitative estimate of drug-likeness (QED) is 0.416. The lowest BCUT2D eigenvalue weighted by Crippen LogP contribution is -2.01. The minimum absolute atomic E-state index is 0.0831. The molecule has 0 aliphatic rings. The number of hydrogen-bond donors (Lipinski definition) is 0. The van der Waals surface area contributed by atoms with Crippen molar-refractivity contribution in [2.75, 3.05) is 0 Å². The molecule has 0 aliphatic carbocycles. The second kappa shape index (κ2) is 8.12. The molecule has 1 unspecified atom stereocenters. The molecule has 0 fully saturated rings. The van der Waals surface area contributed by atoms with Crippen LogP contribution in [0.3, 0.4) is 0 Å². The summed E-state index contributed by atoms with van der Waals surface area (Å²) >= 11 is 7.57. The average Bonchev–Trinajstić information content (AvgIpc) is 3.36. The van der Waals surface area contributed by atoms with E-state index in [-0.39, 0.29) is 5.25 Å². The smallest absolute Gasteiger partial charge is 0.247 e. The highest BCUT2D eigenvalue weighted by Gasteiger charge is 2.21. The van der Waals surface area contributed by atoms with Gasteiger partial charge in [-0.05, 0) is 44.2 Å². The van der Waals surface area contributed by atoms with Crippen LogP contribution in [0.5, 0.6) is 0 Å². The van der Waals surface area contributed by atoms with Crippen LogP contribution in [0, 0.1) is 0 Å². The van der Waals surface area contributed by atoms with E-state index in [4.69, 9.17) is 16.0 Å². The molecule has 0 spiro atoms. The molecule has 9 heteroatoms. The molecule has 3 heterocycles. The lowest BCUT2D eigenvalue weighted by atomic mass is 10.2. The maximum atomic E-state index is 6.04. The van der Waals surface area contributed by atoms with Gasteiger partial charge in [0.2, 0.25) is 11.8 Å². The summed E-state index contributed by atoms with van der Waals surface area (Å²) in [5.74, 6) is 1.78. The first-order valence-corrected chi connectivity index (χ1v) is 10.0. The number of aromatic nitrogens is 6. The molecule has 0 aliphatic heterocycles. The monoisotopic (exact) mass is 412 g/mol. The molecule has 142 valence electrons. The van der Waals surface area contributed by atoms with E-state index >= 15 is 0 Å². The van der Waals surface area contributed by atoms with E-state index in [0.29, 0.717) is 16.8 Å². The summed E-state index contributed by atoms with van der Waals surface area (Å²) in [6.07, 6.45) is 3.49. The Morgan fingerprint density at radius 1 is 1.07 bits per heavy atom. The van der Waals surface area contributed by atoms with E-state index in [1.807, 2.05) is 31.2 Å². The van der Waals surface area contributed by atoms with Crippen LogP contribution in [0.1, 0.15) is 25.0 Å². The number of rotatable bonds is 6. The van der Waals surface area contributed by atoms with Gasteiger partial charge in [-0.2, -0.15) is 0 Å². The van der Waals surface area contributed by atoms with Crippen molar-refractivity contribution in [3.05, 3.63) is 59.7 Å². The maximum Gasteiger partial charge on any atom is 0.247 e. The molecule has 3 aromatic heterocycles. The summed E-state index contributed by atoms with van der Waals surface area (Å²) in [6, 6.07) is 11.2. The number of benzene rings is 1. The zero-order valence-corrected chi connectivity index (χ0v) is 16.9. The van der Waals surface area contributed by atoms with Gasteiger partial charge in [0.25, 0.3) is 0 Å². The molecule has 0 saturated carbocycles. The van der Waals surface area contributed by atoms with Crippen molar-refractivity contribution in [2.24, 2.45) is 0 Å². The Morgan fingerprint density at radius 2 is 1.89 bits per heavy atom. The standard InChI is InChI=1S/C19H17ClN6OS/c1-3-26-16(13-7-9-21-10-8-13)22-25-19(26)28-12(2)17-23-24-18(27-17)14-5-4-6-15(20)11-14/h4-12H,3H2,1-2H3. The van der Waals surface area contributed by atoms with Crippen molar-refractivity contribution >= 4 is 23.4 Å². The summed E-state index contributed by atoms with van der Waals surface area (Å²) in [4.78, 5) is 4.06. The Balaban J connectivity index is 1.56. The van der Waals surface area contributed by atoms with Crippen LogP contribution >= 0.6 is 23.4 Å². The van der Waals surface area contributed by atoms with Crippen molar-refractivity contribution < 1.29 is 4.42 Å². The Hall–Kier alpha value is -2.71. The van der Waals surface area contributed by atoms with Crippen molar-refractivity contribution in [2.45, 2.75) is 30.8 Å². The second-order valence-corrected chi connectivity index (χ2v) is 7.75. The molecular formula is C19H17ClN6OS. The summed E-state index contributed by atoms with van der Waals surface area (Å²) in [5, 5.41) is 18.4. The van der Waals surface area contributed by atoms with E-state index in [1.54, 1.807) is 24.5 Å². The average molecular weight is 413 g/mol. The fraction of sp³-hybridized carbons (Fsp3) is 0.211. The van der Waals surface area contributed by atoms with E-state index in [0.717, 1.165) is 28.7 Å². The minimum Gasteiger partial charge on any atom is -0.419 e. The number of thioether (sulfide) groups is 1. The largest absolute Gasteiger partial charge is 0.419 e. The molecular weight excluding hydrogens is 396 g/mol. The highest BCUT2D eigenvalue weighted by molar-refractivity contribution is 7.99. The molecule has 28 heavy (non-hydrogen) atoms. The van der Waals surface area contributed by atoms with Gasteiger partial charge in [0.15, 0.2) is 11.0 Å². The topological polar surface area (TPSA) is 82.5 Å². The lowest BCUT2D eigenvalue weighted by molar-refractivity contribution is 0.508. The van der Waals surface area contributed by atoms with Gasteiger partial charge >= 0.3 is 0 Å². The Kier molecular flexibility index (Phi) is 5.40.